The fraction of sp³-hybridized carbons (Fsp3) is 0.435. The molecule has 1 aliphatic heterocycles. The normalized spacial score (nSPS) is 16.5. The van der Waals surface area contributed by atoms with Gasteiger partial charge in [0.25, 0.3) is 0 Å². The summed E-state index contributed by atoms with van der Waals surface area (Å²) in [6.45, 7) is 7.46. The highest BCUT2D eigenvalue weighted by molar-refractivity contribution is 5.98. The summed E-state index contributed by atoms with van der Waals surface area (Å²) in [7, 11) is 0. The Morgan fingerprint density at radius 1 is 1.22 bits per heavy atom. The average molecular weight is 441 g/mol. The molecule has 0 saturated heterocycles. The predicted molar refractivity (Wildman–Crippen MR) is 119 cm³/mol. The van der Waals surface area contributed by atoms with Crippen molar-refractivity contribution >= 4 is 23.5 Å². The third-order valence-corrected chi connectivity index (χ3v) is 5.37. The van der Waals surface area contributed by atoms with Gasteiger partial charge in [0.15, 0.2) is 5.82 Å². The average Bonchev–Trinajstić information content (AvgIpc) is 3.37. The van der Waals surface area contributed by atoms with Gasteiger partial charge < -0.3 is 30.6 Å². The van der Waals surface area contributed by atoms with Crippen LogP contribution in [0.25, 0.3) is 0 Å². The van der Waals surface area contributed by atoms with Crippen molar-refractivity contribution in [3.63, 3.8) is 0 Å². The number of fused-ring (bicyclic) bond motifs is 2. The van der Waals surface area contributed by atoms with Crippen LogP contribution in [0.3, 0.4) is 0 Å². The van der Waals surface area contributed by atoms with Gasteiger partial charge in [-0.15, -0.1) is 0 Å². The smallest absolute Gasteiger partial charge is 0.408 e. The molecule has 1 spiro atoms. The first-order valence-corrected chi connectivity index (χ1v) is 10.6. The van der Waals surface area contributed by atoms with E-state index in [0.717, 1.165) is 24.2 Å². The molecule has 1 saturated carbocycles. The molecule has 9 nitrogen and oxygen atoms in total. The molecule has 4 N–H and O–H groups in total. The SMILES string of the molecule is CC(NC(=O)OC(C)(C)C)C(=O)Nc1ccc(Oc2cccc3c2C2(CC2)CO3)nc1N. The highest BCUT2D eigenvalue weighted by atomic mass is 16.6. The Labute approximate surface area is 186 Å². The first kappa shape index (κ1) is 21.7. The van der Waals surface area contributed by atoms with E-state index < -0.39 is 23.6 Å². The molecule has 1 fully saturated rings. The highest BCUT2D eigenvalue weighted by Crippen LogP contribution is 2.58. The van der Waals surface area contributed by atoms with Gasteiger partial charge in [-0.1, -0.05) is 6.07 Å². The van der Waals surface area contributed by atoms with Gasteiger partial charge in [0, 0.05) is 17.0 Å². The van der Waals surface area contributed by atoms with Crippen LogP contribution >= 0.6 is 0 Å². The largest absolute Gasteiger partial charge is 0.492 e. The minimum Gasteiger partial charge on any atom is -0.492 e. The van der Waals surface area contributed by atoms with Crippen molar-refractivity contribution in [1.82, 2.24) is 10.3 Å². The van der Waals surface area contributed by atoms with Crippen molar-refractivity contribution in [2.24, 2.45) is 0 Å². The maximum Gasteiger partial charge on any atom is 0.408 e. The van der Waals surface area contributed by atoms with Gasteiger partial charge in [-0.05, 0) is 58.7 Å². The van der Waals surface area contributed by atoms with Gasteiger partial charge in [0.05, 0.1) is 12.3 Å². The van der Waals surface area contributed by atoms with Crippen LogP contribution in [0.1, 0.15) is 46.1 Å². The lowest BCUT2D eigenvalue weighted by Crippen LogP contribution is -2.44. The maximum atomic E-state index is 12.4. The number of rotatable bonds is 5. The molecule has 2 aliphatic rings. The van der Waals surface area contributed by atoms with E-state index in [1.807, 2.05) is 18.2 Å². The van der Waals surface area contributed by atoms with Crippen LogP contribution in [0.2, 0.25) is 0 Å². The summed E-state index contributed by atoms with van der Waals surface area (Å²) in [4.78, 5) is 28.6. The number of alkyl carbamates (subject to hydrolysis) is 1. The zero-order valence-corrected chi connectivity index (χ0v) is 18.7. The van der Waals surface area contributed by atoms with Gasteiger partial charge in [0.2, 0.25) is 11.8 Å². The molecule has 0 radical (unpaired) electrons. The van der Waals surface area contributed by atoms with E-state index in [2.05, 4.69) is 15.6 Å². The second-order valence-electron chi connectivity index (χ2n) is 9.24. The van der Waals surface area contributed by atoms with E-state index in [-0.39, 0.29) is 11.2 Å². The molecule has 1 aliphatic carbocycles. The third-order valence-electron chi connectivity index (χ3n) is 5.37. The summed E-state index contributed by atoms with van der Waals surface area (Å²) < 4.78 is 17.0. The Morgan fingerprint density at radius 3 is 2.62 bits per heavy atom. The molecule has 2 amide bonds. The van der Waals surface area contributed by atoms with Crippen LogP contribution in [0, 0.1) is 0 Å². The van der Waals surface area contributed by atoms with Crippen molar-refractivity contribution in [2.45, 2.75) is 57.6 Å². The van der Waals surface area contributed by atoms with E-state index in [0.29, 0.717) is 23.9 Å². The Balaban J connectivity index is 1.41. The van der Waals surface area contributed by atoms with Crippen LogP contribution in [-0.2, 0) is 14.9 Å². The number of carbonyl (C=O) groups is 2. The van der Waals surface area contributed by atoms with E-state index in [4.69, 9.17) is 19.9 Å². The number of ether oxygens (including phenoxy) is 3. The van der Waals surface area contributed by atoms with Crippen LogP contribution in [0.4, 0.5) is 16.3 Å². The van der Waals surface area contributed by atoms with Gasteiger partial charge in [-0.3, -0.25) is 4.79 Å². The fourth-order valence-electron chi connectivity index (χ4n) is 3.59. The van der Waals surface area contributed by atoms with Crippen LogP contribution in [0.15, 0.2) is 30.3 Å². The first-order valence-electron chi connectivity index (χ1n) is 10.6. The molecular weight excluding hydrogens is 412 g/mol. The first-order chi connectivity index (χ1) is 15.1. The van der Waals surface area contributed by atoms with Crippen molar-refractivity contribution in [3.8, 4) is 17.4 Å². The second-order valence-corrected chi connectivity index (χ2v) is 9.24. The number of nitrogens with two attached hydrogens (primary N) is 1. The van der Waals surface area contributed by atoms with Gasteiger partial charge in [-0.2, -0.15) is 4.98 Å². The van der Waals surface area contributed by atoms with Gasteiger partial charge >= 0.3 is 6.09 Å². The van der Waals surface area contributed by atoms with Crippen LogP contribution in [0.5, 0.6) is 17.4 Å². The fourth-order valence-corrected chi connectivity index (χ4v) is 3.59. The van der Waals surface area contributed by atoms with E-state index >= 15 is 0 Å². The minimum atomic E-state index is -0.832. The Morgan fingerprint density at radius 2 is 1.97 bits per heavy atom. The number of pyridine rings is 1. The van der Waals surface area contributed by atoms with Crippen molar-refractivity contribution in [3.05, 3.63) is 35.9 Å². The maximum absolute atomic E-state index is 12.4. The van der Waals surface area contributed by atoms with Gasteiger partial charge in [-0.25, -0.2) is 4.79 Å². The molecule has 2 aromatic rings. The van der Waals surface area contributed by atoms with Crippen LogP contribution in [-0.4, -0.2) is 35.2 Å². The molecular formula is C23H28N4O5. The number of amides is 2. The van der Waals surface area contributed by atoms with E-state index in [1.165, 1.54) is 0 Å². The number of aromatic nitrogens is 1. The van der Waals surface area contributed by atoms with Crippen LogP contribution < -0.4 is 25.8 Å². The summed E-state index contributed by atoms with van der Waals surface area (Å²) in [5.74, 6) is 1.52. The molecule has 2 heterocycles. The Bertz CT molecular complexity index is 1060. The molecule has 9 heteroatoms. The van der Waals surface area contributed by atoms with Crippen molar-refractivity contribution in [2.75, 3.05) is 17.7 Å². The van der Waals surface area contributed by atoms with Gasteiger partial charge in [0.1, 0.15) is 23.1 Å². The summed E-state index contributed by atoms with van der Waals surface area (Å²) in [6.07, 6.45) is 1.48. The van der Waals surface area contributed by atoms with Crippen molar-refractivity contribution in [1.29, 1.82) is 0 Å². The molecule has 0 bridgehead atoms. The molecule has 170 valence electrons. The molecule has 32 heavy (non-hydrogen) atoms. The number of nitrogens with one attached hydrogen (secondary N) is 2. The summed E-state index contributed by atoms with van der Waals surface area (Å²) in [6, 6.07) is 8.14. The minimum absolute atomic E-state index is 0.0582. The topological polar surface area (TPSA) is 125 Å². The Hall–Kier alpha value is -3.49. The molecule has 4 rings (SSSR count). The lowest BCUT2D eigenvalue weighted by Gasteiger charge is -2.21. The highest BCUT2D eigenvalue weighted by Gasteiger charge is 2.52. The zero-order valence-electron chi connectivity index (χ0n) is 18.7. The number of nitrogens with zero attached hydrogens (tertiary/aromatic N) is 1. The number of carbonyl (C=O) groups excluding carboxylic acids is 2. The van der Waals surface area contributed by atoms with E-state index in [1.54, 1.807) is 39.8 Å². The molecule has 1 unspecified atom stereocenters. The monoisotopic (exact) mass is 440 g/mol. The number of anilines is 2. The number of nitrogen functional groups attached to an aromatic ring is 1. The molecule has 1 aromatic heterocycles. The zero-order chi connectivity index (χ0) is 23.1. The number of benzene rings is 1. The van der Waals surface area contributed by atoms with E-state index in [9.17, 15) is 9.59 Å². The third kappa shape index (κ3) is 4.56. The number of hydrogen-bond acceptors (Lipinski definition) is 7. The summed E-state index contributed by atoms with van der Waals surface area (Å²) in [5.41, 5.74) is 6.85. The van der Waals surface area contributed by atoms with Crippen molar-refractivity contribution < 1.29 is 23.8 Å². The second kappa shape index (κ2) is 7.89. The standard InChI is InChI=1S/C23H28N4O5/c1-13(25-21(29)32-22(2,3)4)20(28)26-14-8-9-17(27-19(14)24)31-16-7-5-6-15-18(16)23(10-11-23)12-30-15/h5-9,13H,10-12H2,1-4H3,(H2,24,27)(H,25,29)(H,26,28). The lowest BCUT2D eigenvalue weighted by molar-refractivity contribution is -0.117. The quantitative estimate of drug-likeness (QED) is 0.647. The summed E-state index contributed by atoms with van der Waals surface area (Å²) in [5, 5.41) is 5.15. The molecule has 1 aromatic carbocycles. The predicted octanol–water partition coefficient (Wildman–Crippen LogP) is 3.73. The summed E-state index contributed by atoms with van der Waals surface area (Å²) >= 11 is 0. The lowest BCUT2D eigenvalue weighted by atomic mass is 9.97. The Kier molecular flexibility index (Phi) is 5.36. The molecule has 1 atom stereocenters. The number of hydrogen-bond donors (Lipinski definition) is 3.